The third-order valence-corrected chi connectivity index (χ3v) is 4.73. The summed E-state index contributed by atoms with van der Waals surface area (Å²) in [6.07, 6.45) is -8.80. The van der Waals surface area contributed by atoms with Gasteiger partial charge in [0, 0.05) is 32.2 Å². The van der Waals surface area contributed by atoms with E-state index in [2.05, 4.69) is 5.32 Å². The molecule has 0 aromatic heterocycles. The van der Waals surface area contributed by atoms with Crippen molar-refractivity contribution in [2.75, 3.05) is 26.2 Å². The topological polar surface area (TPSA) is 15.3 Å². The summed E-state index contributed by atoms with van der Waals surface area (Å²) in [4.78, 5) is 1.86. The Morgan fingerprint density at radius 1 is 1.04 bits per heavy atom. The van der Waals surface area contributed by atoms with Crippen LogP contribution in [0.4, 0.5) is 26.3 Å². The van der Waals surface area contributed by atoms with E-state index < -0.39 is 29.5 Å². The normalized spacial score (nSPS) is 19.7. The van der Waals surface area contributed by atoms with Gasteiger partial charge in [-0.2, -0.15) is 26.3 Å². The summed E-state index contributed by atoms with van der Waals surface area (Å²) in [5.74, 6) is -0.206. The van der Waals surface area contributed by atoms with Crippen molar-refractivity contribution in [2.45, 2.75) is 38.7 Å². The quantitative estimate of drug-likeness (QED) is 0.774. The average molecular weight is 368 g/mol. The Bertz CT molecular complexity index is 575. The lowest BCUT2D eigenvalue weighted by Gasteiger charge is -2.39. The van der Waals surface area contributed by atoms with E-state index in [4.69, 9.17) is 0 Å². The maximum Gasteiger partial charge on any atom is 0.416 e. The van der Waals surface area contributed by atoms with Crippen LogP contribution < -0.4 is 5.32 Å². The van der Waals surface area contributed by atoms with Crippen LogP contribution in [0.5, 0.6) is 0 Å². The van der Waals surface area contributed by atoms with Crippen LogP contribution in [0.1, 0.15) is 43.0 Å². The maximum atomic E-state index is 13.5. The summed E-state index contributed by atoms with van der Waals surface area (Å²) in [6, 6.07) is 1.06. The standard InChI is InChI=1S/C17H22F6N2/c1-3-11(2)15(25-8-6-24-7-9-25)13-10-12(16(18,19)20)4-5-14(13)17(21,22)23/h4-5,10-11,15,24H,3,6-9H2,1-2H3/t11?,15-/m1/s1. The highest BCUT2D eigenvalue weighted by molar-refractivity contribution is 5.38. The van der Waals surface area contributed by atoms with Crippen molar-refractivity contribution in [3.8, 4) is 0 Å². The molecule has 1 saturated heterocycles. The van der Waals surface area contributed by atoms with Crippen molar-refractivity contribution < 1.29 is 26.3 Å². The van der Waals surface area contributed by atoms with Crippen molar-refractivity contribution in [1.29, 1.82) is 0 Å². The van der Waals surface area contributed by atoms with Gasteiger partial charge >= 0.3 is 12.4 Å². The molecule has 1 N–H and O–H groups in total. The predicted octanol–water partition coefficient (Wildman–Crippen LogP) is 4.72. The lowest BCUT2D eigenvalue weighted by molar-refractivity contribution is -0.142. The van der Waals surface area contributed by atoms with Gasteiger partial charge in [0.25, 0.3) is 0 Å². The number of hydrogen-bond donors (Lipinski definition) is 1. The lowest BCUT2D eigenvalue weighted by atomic mass is 9.86. The van der Waals surface area contributed by atoms with Crippen molar-refractivity contribution in [1.82, 2.24) is 10.2 Å². The monoisotopic (exact) mass is 368 g/mol. The average Bonchev–Trinajstić information content (AvgIpc) is 2.54. The Kier molecular flexibility index (Phi) is 6.04. The summed E-state index contributed by atoms with van der Waals surface area (Å²) in [7, 11) is 0. The van der Waals surface area contributed by atoms with Crippen LogP contribution in [0.2, 0.25) is 0 Å². The first-order valence-electron chi connectivity index (χ1n) is 8.28. The number of halogens is 6. The molecule has 2 nitrogen and oxygen atoms in total. The molecule has 0 saturated carbocycles. The molecule has 142 valence electrons. The van der Waals surface area contributed by atoms with Gasteiger partial charge in [0.15, 0.2) is 0 Å². The summed E-state index contributed by atoms with van der Waals surface area (Å²) in [5, 5.41) is 3.11. The van der Waals surface area contributed by atoms with Crippen LogP contribution in [-0.2, 0) is 12.4 Å². The van der Waals surface area contributed by atoms with Gasteiger partial charge < -0.3 is 5.32 Å². The van der Waals surface area contributed by atoms with Gasteiger partial charge in [0.1, 0.15) is 0 Å². The van der Waals surface area contributed by atoms with E-state index in [0.717, 1.165) is 0 Å². The molecule has 25 heavy (non-hydrogen) atoms. The zero-order chi connectivity index (χ0) is 18.8. The van der Waals surface area contributed by atoms with Crippen LogP contribution in [0.3, 0.4) is 0 Å². The summed E-state index contributed by atoms with van der Waals surface area (Å²) < 4.78 is 79.6. The Morgan fingerprint density at radius 2 is 1.64 bits per heavy atom. The van der Waals surface area contributed by atoms with E-state index in [-0.39, 0.29) is 11.5 Å². The number of alkyl halides is 6. The zero-order valence-corrected chi connectivity index (χ0v) is 14.1. The van der Waals surface area contributed by atoms with E-state index in [1.54, 1.807) is 6.92 Å². The van der Waals surface area contributed by atoms with Crippen LogP contribution in [-0.4, -0.2) is 31.1 Å². The van der Waals surface area contributed by atoms with Crippen LogP contribution in [0, 0.1) is 5.92 Å². The molecular formula is C17H22F6N2. The highest BCUT2D eigenvalue weighted by Crippen LogP contribution is 2.42. The number of nitrogens with one attached hydrogen (secondary N) is 1. The van der Waals surface area contributed by atoms with Crippen molar-refractivity contribution in [3.05, 3.63) is 34.9 Å². The van der Waals surface area contributed by atoms with Crippen LogP contribution >= 0.6 is 0 Å². The number of rotatable bonds is 4. The fourth-order valence-electron chi connectivity index (χ4n) is 3.29. The molecule has 0 aliphatic carbocycles. The first-order valence-corrected chi connectivity index (χ1v) is 8.28. The highest BCUT2D eigenvalue weighted by atomic mass is 19.4. The van der Waals surface area contributed by atoms with Gasteiger partial charge in [0.2, 0.25) is 0 Å². The summed E-state index contributed by atoms with van der Waals surface area (Å²) in [5.41, 5.74) is -2.30. The maximum absolute atomic E-state index is 13.5. The minimum atomic E-state index is -4.70. The Labute approximate surface area is 143 Å². The Balaban J connectivity index is 2.59. The van der Waals surface area contributed by atoms with Gasteiger partial charge in [-0.25, -0.2) is 0 Å². The number of piperazine rings is 1. The van der Waals surface area contributed by atoms with Crippen LogP contribution in [0.25, 0.3) is 0 Å². The summed E-state index contributed by atoms with van der Waals surface area (Å²) in [6.45, 7) is 5.83. The smallest absolute Gasteiger partial charge is 0.314 e. The molecule has 0 radical (unpaired) electrons. The van der Waals surface area contributed by atoms with E-state index in [9.17, 15) is 26.3 Å². The number of benzene rings is 1. The first-order chi connectivity index (χ1) is 11.6. The molecule has 0 spiro atoms. The molecule has 1 aliphatic rings. The fourth-order valence-corrected chi connectivity index (χ4v) is 3.29. The van der Waals surface area contributed by atoms with Crippen LogP contribution in [0.15, 0.2) is 18.2 Å². The molecule has 0 bridgehead atoms. The Hall–Kier alpha value is -1.28. The molecule has 1 aliphatic heterocycles. The summed E-state index contributed by atoms with van der Waals surface area (Å²) >= 11 is 0. The number of hydrogen-bond acceptors (Lipinski definition) is 2. The third kappa shape index (κ3) is 4.67. The van der Waals surface area contributed by atoms with Crippen molar-refractivity contribution >= 4 is 0 Å². The van der Waals surface area contributed by atoms with E-state index in [0.29, 0.717) is 50.8 Å². The molecule has 1 heterocycles. The van der Waals surface area contributed by atoms with E-state index in [1.165, 1.54) is 0 Å². The van der Waals surface area contributed by atoms with Gasteiger partial charge in [-0.05, 0) is 29.7 Å². The molecule has 2 rings (SSSR count). The molecule has 8 heteroatoms. The minimum Gasteiger partial charge on any atom is -0.314 e. The zero-order valence-electron chi connectivity index (χ0n) is 14.1. The van der Waals surface area contributed by atoms with Gasteiger partial charge in [-0.1, -0.05) is 20.3 Å². The third-order valence-electron chi connectivity index (χ3n) is 4.73. The molecule has 1 fully saturated rings. The lowest BCUT2D eigenvalue weighted by Crippen LogP contribution is -2.47. The second-order valence-electron chi connectivity index (χ2n) is 6.41. The van der Waals surface area contributed by atoms with Crippen molar-refractivity contribution in [3.63, 3.8) is 0 Å². The van der Waals surface area contributed by atoms with Gasteiger partial charge in [-0.15, -0.1) is 0 Å². The first kappa shape index (κ1) is 20.0. The Morgan fingerprint density at radius 3 is 2.12 bits per heavy atom. The highest BCUT2D eigenvalue weighted by Gasteiger charge is 2.40. The van der Waals surface area contributed by atoms with Gasteiger partial charge in [-0.3, -0.25) is 4.90 Å². The van der Waals surface area contributed by atoms with E-state index in [1.807, 2.05) is 11.8 Å². The van der Waals surface area contributed by atoms with E-state index >= 15 is 0 Å². The second-order valence-corrected chi connectivity index (χ2v) is 6.41. The largest absolute Gasteiger partial charge is 0.416 e. The molecule has 2 atom stereocenters. The molecular weight excluding hydrogens is 346 g/mol. The van der Waals surface area contributed by atoms with Gasteiger partial charge in [0.05, 0.1) is 11.1 Å². The second kappa shape index (κ2) is 7.53. The molecule has 0 amide bonds. The molecule has 1 aromatic rings. The van der Waals surface area contributed by atoms with Crippen molar-refractivity contribution in [2.24, 2.45) is 5.92 Å². The fraction of sp³-hybridized carbons (Fsp3) is 0.647. The minimum absolute atomic E-state index is 0.206. The predicted molar refractivity (Wildman–Crippen MR) is 83.1 cm³/mol. The molecule has 1 unspecified atom stereocenters. The molecule has 1 aromatic carbocycles. The number of nitrogens with zero attached hydrogens (tertiary/aromatic N) is 1. The SMILES string of the molecule is CCC(C)[C@H](c1cc(C(F)(F)F)ccc1C(F)(F)F)N1CCNCC1.